The first-order chi connectivity index (χ1) is 10.5. The van der Waals surface area contributed by atoms with Gasteiger partial charge in [0.25, 0.3) is 0 Å². The third-order valence-electron chi connectivity index (χ3n) is 3.53. The molecule has 4 nitrogen and oxygen atoms in total. The number of hydrogen-bond acceptors (Lipinski definition) is 2. The minimum atomic E-state index is -1.48. The van der Waals surface area contributed by atoms with E-state index < -0.39 is 23.8 Å². The van der Waals surface area contributed by atoms with Crippen LogP contribution in [0.3, 0.4) is 0 Å². The van der Waals surface area contributed by atoms with Crippen molar-refractivity contribution in [3.8, 4) is 0 Å². The molecular formula is C17H15BrO4. The van der Waals surface area contributed by atoms with Crippen LogP contribution in [0.1, 0.15) is 17.0 Å². The third kappa shape index (κ3) is 3.95. The highest BCUT2D eigenvalue weighted by Gasteiger charge is 2.35. The second-order valence-electron chi connectivity index (χ2n) is 5.00. The SMILES string of the molecule is O=C(O)C(C(=O)O)C(Cc1ccccc1)c1ccc(Br)cc1. The van der Waals surface area contributed by atoms with E-state index in [0.717, 1.165) is 10.0 Å². The molecule has 0 spiro atoms. The van der Waals surface area contributed by atoms with Gasteiger partial charge in [0.05, 0.1) is 0 Å². The standard InChI is InChI=1S/C17H15BrO4/c18-13-8-6-12(7-9-13)14(15(16(19)20)17(21)22)10-11-4-2-1-3-5-11/h1-9,14-15H,10H2,(H,19,20)(H,21,22). The van der Waals surface area contributed by atoms with Gasteiger partial charge in [0.2, 0.25) is 0 Å². The molecule has 5 heteroatoms. The van der Waals surface area contributed by atoms with Crippen molar-refractivity contribution in [3.05, 3.63) is 70.2 Å². The van der Waals surface area contributed by atoms with Gasteiger partial charge in [0.15, 0.2) is 5.92 Å². The van der Waals surface area contributed by atoms with Gasteiger partial charge in [0.1, 0.15) is 0 Å². The van der Waals surface area contributed by atoms with Crippen molar-refractivity contribution >= 4 is 27.9 Å². The van der Waals surface area contributed by atoms with Crippen LogP contribution < -0.4 is 0 Å². The van der Waals surface area contributed by atoms with Crippen LogP contribution in [0.25, 0.3) is 0 Å². The Morgan fingerprint density at radius 1 is 0.909 bits per heavy atom. The van der Waals surface area contributed by atoms with E-state index in [9.17, 15) is 19.8 Å². The Morgan fingerprint density at radius 2 is 1.45 bits per heavy atom. The molecule has 0 aromatic heterocycles. The van der Waals surface area contributed by atoms with Crippen LogP contribution in [0, 0.1) is 5.92 Å². The van der Waals surface area contributed by atoms with E-state index in [-0.39, 0.29) is 0 Å². The van der Waals surface area contributed by atoms with Gasteiger partial charge >= 0.3 is 11.9 Å². The molecule has 2 rings (SSSR count). The summed E-state index contributed by atoms with van der Waals surface area (Å²) in [5.74, 6) is -4.76. The van der Waals surface area contributed by atoms with Gasteiger partial charge in [0, 0.05) is 10.4 Å². The number of carboxylic acid groups (broad SMARTS) is 2. The number of carboxylic acids is 2. The molecule has 2 N–H and O–H groups in total. The molecule has 0 aliphatic rings. The minimum absolute atomic E-state index is 0.353. The molecule has 1 unspecified atom stereocenters. The lowest BCUT2D eigenvalue weighted by atomic mass is 9.81. The Kier molecular flexibility index (Phi) is 5.33. The van der Waals surface area contributed by atoms with Gasteiger partial charge in [-0.3, -0.25) is 9.59 Å². The molecule has 0 radical (unpaired) electrons. The number of hydrogen-bond donors (Lipinski definition) is 2. The highest BCUT2D eigenvalue weighted by molar-refractivity contribution is 9.10. The van der Waals surface area contributed by atoms with Crippen molar-refractivity contribution < 1.29 is 19.8 Å². The van der Waals surface area contributed by atoms with Crippen molar-refractivity contribution in [2.75, 3.05) is 0 Å². The predicted molar refractivity (Wildman–Crippen MR) is 85.8 cm³/mol. The minimum Gasteiger partial charge on any atom is -0.481 e. The van der Waals surface area contributed by atoms with Crippen molar-refractivity contribution in [1.82, 2.24) is 0 Å². The molecule has 0 aliphatic heterocycles. The summed E-state index contributed by atoms with van der Waals surface area (Å²) in [6.45, 7) is 0. The smallest absolute Gasteiger partial charge is 0.318 e. The second-order valence-corrected chi connectivity index (χ2v) is 5.92. The zero-order valence-electron chi connectivity index (χ0n) is 11.6. The molecule has 0 amide bonds. The molecule has 0 saturated carbocycles. The summed E-state index contributed by atoms with van der Waals surface area (Å²) in [5.41, 5.74) is 1.60. The summed E-state index contributed by atoms with van der Waals surface area (Å²) in [7, 11) is 0. The molecule has 22 heavy (non-hydrogen) atoms. The van der Waals surface area contributed by atoms with Crippen molar-refractivity contribution in [2.45, 2.75) is 12.3 Å². The molecule has 0 heterocycles. The molecule has 0 aliphatic carbocycles. The topological polar surface area (TPSA) is 74.6 Å². The Hall–Kier alpha value is -2.14. The van der Waals surface area contributed by atoms with Crippen molar-refractivity contribution in [2.24, 2.45) is 5.92 Å². The third-order valence-corrected chi connectivity index (χ3v) is 4.06. The molecule has 0 bridgehead atoms. The summed E-state index contributed by atoms with van der Waals surface area (Å²) in [6, 6.07) is 16.4. The van der Waals surface area contributed by atoms with Gasteiger partial charge < -0.3 is 10.2 Å². The fraction of sp³-hybridized carbons (Fsp3) is 0.176. The van der Waals surface area contributed by atoms with E-state index in [1.165, 1.54) is 0 Å². The second kappa shape index (κ2) is 7.22. The molecule has 2 aromatic rings. The lowest BCUT2D eigenvalue weighted by Gasteiger charge is -2.22. The monoisotopic (exact) mass is 362 g/mol. The molecular weight excluding hydrogens is 348 g/mol. The summed E-state index contributed by atoms with van der Waals surface area (Å²) < 4.78 is 0.858. The number of aliphatic carboxylic acids is 2. The Labute approximate surface area is 136 Å². The Balaban J connectivity index is 2.41. The predicted octanol–water partition coefficient (Wildman–Crippen LogP) is 3.56. The van der Waals surface area contributed by atoms with E-state index >= 15 is 0 Å². The van der Waals surface area contributed by atoms with Crippen LogP contribution in [0.2, 0.25) is 0 Å². The highest BCUT2D eigenvalue weighted by Crippen LogP contribution is 2.30. The van der Waals surface area contributed by atoms with E-state index in [1.807, 2.05) is 30.3 Å². The lowest BCUT2D eigenvalue weighted by molar-refractivity contribution is -0.155. The van der Waals surface area contributed by atoms with Crippen molar-refractivity contribution in [1.29, 1.82) is 0 Å². The first-order valence-electron chi connectivity index (χ1n) is 6.74. The average Bonchev–Trinajstić information content (AvgIpc) is 2.47. The van der Waals surface area contributed by atoms with Gasteiger partial charge in [-0.2, -0.15) is 0 Å². The summed E-state index contributed by atoms with van der Waals surface area (Å²) in [4.78, 5) is 22.8. The number of carbonyl (C=O) groups is 2. The maximum absolute atomic E-state index is 11.4. The van der Waals surface area contributed by atoms with Gasteiger partial charge in [-0.1, -0.05) is 58.4 Å². The van der Waals surface area contributed by atoms with Gasteiger partial charge in [-0.05, 0) is 29.7 Å². The maximum atomic E-state index is 11.4. The number of rotatable bonds is 6. The van der Waals surface area contributed by atoms with E-state index in [4.69, 9.17) is 0 Å². The lowest BCUT2D eigenvalue weighted by Crippen LogP contribution is -2.31. The fourth-order valence-electron chi connectivity index (χ4n) is 2.46. The highest BCUT2D eigenvalue weighted by atomic mass is 79.9. The first-order valence-corrected chi connectivity index (χ1v) is 7.53. The zero-order chi connectivity index (χ0) is 16.1. The summed E-state index contributed by atoms with van der Waals surface area (Å²) >= 11 is 3.32. The Morgan fingerprint density at radius 3 is 1.95 bits per heavy atom. The number of halogens is 1. The largest absolute Gasteiger partial charge is 0.481 e. The molecule has 0 saturated heterocycles. The first kappa shape index (κ1) is 16.2. The molecule has 2 aromatic carbocycles. The summed E-state index contributed by atoms with van der Waals surface area (Å²) in [5, 5.41) is 18.6. The molecule has 114 valence electrons. The molecule has 1 atom stereocenters. The van der Waals surface area contributed by atoms with E-state index in [0.29, 0.717) is 12.0 Å². The average molecular weight is 363 g/mol. The van der Waals surface area contributed by atoms with Crippen LogP contribution in [0.5, 0.6) is 0 Å². The van der Waals surface area contributed by atoms with Gasteiger partial charge in [-0.15, -0.1) is 0 Å². The van der Waals surface area contributed by atoms with Crippen LogP contribution in [0.4, 0.5) is 0 Å². The quantitative estimate of drug-likeness (QED) is 0.770. The van der Waals surface area contributed by atoms with E-state index in [2.05, 4.69) is 15.9 Å². The van der Waals surface area contributed by atoms with Crippen LogP contribution >= 0.6 is 15.9 Å². The molecule has 0 fully saturated rings. The zero-order valence-corrected chi connectivity index (χ0v) is 13.2. The number of benzene rings is 2. The van der Waals surface area contributed by atoms with Gasteiger partial charge in [-0.25, -0.2) is 0 Å². The van der Waals surface area contributed by atoms with Crippen LogP contribution in [-0.2, 0) is 16.0 Å². The Bertz CT molecular complexity index is 638. The normalized spacial score (nSPS) is 12.1. The maximum Gasteiger partial charge on any atom is 0.318 e. The van der Waals surface area contributed by atoms with Crippen LogP contribution in [0.15, 0.2) is 59.1 Å². The van der Waals surface area contributed by atoms with E-state index in [1.54, 1.807) is 24.3 Å². The van der Waals surface area contributed by atoms with Crippen LogP contribution in [-0.4, -0.2) is 22.2 Å². The fourth-order valence-corrected chi connectivity index (χ4v) is 2.72. The van der Waals surface area contributed by atoms with Crippen molar-refractivity contribution in [3.63, 3.8) is 0 Å². The summed E-state index contributed by atoms with van der Waals surface area (Å²) in [6.07, 6.45) is 0.353.